The van der Waals surface area contributed by atoms with Crippen molar-refractivity contribution in [2.24, 2.45) is 0 Å². The lowest BCUT2D eigenvalue weighted by Crippen LogP contribution is -2.38. The molecule has 0 heterocycles. The van der Waals surface area contributed by atoms with Crippen molar-refractivity contribution in [3.8, 4) is 5.75 Å². The van der Waals surface area contributed by atoms with Crippen molar-refractivity contribution in [3.63, 3.8) is 0 Å². The number of rotatable bonds is 7. The first-order chi connectivity index (χ1) is 8.89. The summed E-state index contributed by atoms with van der Waals surface area (Å²) < 4.78 is 18.3. The summed E-state index contributed by atoms with van der Waals surface area (Å²) in [5.74, 6) is -0.122. The lowest BCUT2D eigenvalue weighted by Gasteiger charge is -2.26. The van der Waals surface area contributed by atoms with Crippen molar-refractivity contribution in [3.05, 3.63) is 29.6 Å². The highest BCUT2D eigenvalue weighted by atomic mass is 19.1. The summed E-state index contributed by atoms with van der Waals surface area (Å²) in [5.41, 5.74) is 0.221. The molecule has 0 radical (unpaired) electrons. The molecular formula is C15H24FNO2. The molecular weight excluding hydrogens is 245 g/mol. The Morgan fingerprint density at radius 3 is 2.74 bits per heavy atom. The maximum atomic E-state index is 13.3. The number of hydrogen-bond donors (Lipinski definition) is 2. The van der Waals surface area contributed by atoms with Gasteiger partial charge in [0.15, 0.2) is 11.6 Å². The summed E-state index contributed by atoms with van der Waals surface area (Å²) in [7, 11) is 1.45. The summed E-state index contributed by atoms with van der Waals surface area (Å²) in [6.07, 6.45) is 1.69. The predicted molar refractivity (Wildman–Crippen MR) is 74.9 cm³/mol. The Labute approximate surface area is 114 Å². The molecule has 0 aromatic heterocycles. The summed E-state index contributed by atoms with van der Waals surface area (Å²) in [4.78, 5) is 0. The largest absolute Gasteiger partial charge is 0.494 e. The average molecular weight is 269 g/mol. The topological polar surface area (TPSA) is 41.5 Å². The van der Waals surface area contributed by atoms with E-state index >= 15 is 0 Å². The zero-order valence-electron chi connectivity index (χ0n) is 12.2. The van der Waals surface area contributed by atoms with Crippen molar-refractivity contribution < 1.29 is 14.2 Å². The molecule has 0 aliphatic carbocycles. The first-order valence-corrected chi connectivity index (χ1v) is 6.69. The minimum atomic E-state index is -0.715. The van der Waals surface area contributed by atoms with Crippen molar-refractivity contribution in [2.75, 3.05) is 13.7 Å². The minimum absolute atomic E-state index is 0.0258. The van der Waals surface area contributed by atoms with Crippen molar-refractivity contribution >= 4 is 0 Å². The Morgan fingerprint density at radius 2 is 2.16 bits per heavy atom. The third kappa shape index (κ3) is 4.80. The quantitative estimate of drug-likeness (QED) is 0.799. The van der Waals surface area contributed by atoms with Crippen LogP contribution < -0.4 is 10.1 Å². The van der Waals surface area contributed by atoms with Crippen molar-refractivity contribution in [2.45, 2.75) is 45.3 Å². The number of ether oxygens (including phenoxy) is 1. The minimum Gasteiger partial charge on any atom is -0.494 e. The van der Waals surface area contributed by atoms with Gasteiger partial charge in [-0.2, -0.15) is 0 Å². The molecule has 0 amide bonds. The van der Waals surface area contributed by atoms with Crippen LogP contribution in [0.2, 0.25) is 0 Å². The Morgan fingerprint density at radius 1 is 1.47 bits per heavy atom. The average Bonchev–Trinajstić information content (AvgIpc) is 2.36. The second-order valence-corrected chi connectivity index (χ2v) is 5.24. The van der Waals surface area contributed by atoms with Crippen LogP contribution in [0, 0.1) is 5.82 Å². The molecule has 1 rings (SSSR count). The van der Waals surface area contributed by atoms with Crippen LogP contribution in [0.1, 0.15) is 45.2 Å². The van der Waals surface area contributed by atoms with Crippen LogP contribution in [0.5, 0.6) is 5.75 Å². The van der Waals surface area contributed by atoms with Gasteiger partial charge in [0.05, 0.1) is 12.7 Å². The smallest absolute Gasteiger partial charge is 0.165 e. The van der Waals surface area contributed by atoms with Crippen LogP contribution >= 0.6 is 0 Å². The first kappa shape index (κ1) is 15.9. The van der Waals surface area contributed by atoms with Crippen molar-refractivity contribution in [1.29, 1.82) is 0 Å². The van der Waals surface area contributed by atoms with Gasteiger partial charge in [-0.15, -0.1) is 0 Å². The van der Waals surface area contributed by atoms with E-state index in [0.717, 1.165) is 18.4 Å². The molecule has 2 N–H and O–H groups in total. The van der Waals surface area contributed by atoms with Crippen LogP contribution in [0.3, 0.4) is 0 Å². The standard InChI is InChI=1S/C15H24FNO2/c1-5-8-15(3,18)10-17-11(2)12-6-7-13(16)14(9-12)19-4/h6-7,9,11,17-18H,5,8,10H2,1-4H3. The van der Waals surface area contributed by atoms with Gasteiger partial charge in [-0.1, -0.05) is 19.4 Å². The fourth-order valence-corrected chi connectivity index (χ4v) is 2.06. The fourth-order valence-electron chi connectivity index (χ4n) is 2.06. The van der Waals surface area contributed by atoms with Crippen LogP contribution in [0.25, 0.3) is 0 Å². The summed E-state index contributed by atoms with van der Waals surface area (Å²) in [6.45, 7) is 6.35. The molecule has 0 aliphatic heterocycles. The Bertz CT molecular complexity index is 407. The van der Waals surface area contributed by atoms with E-state index in [4.69, 9.17) is 4.74 Å². The summed E-state index contributed by atoms with van der Waals surface area (Å²) in [5, 5.41) is 13.4. The van der Waals surface area contributed by atoms with E-state index in [9.17, 15) is 9.50 Å². The third-order valence-electron chi connectivity index (χ3n) is 3.25. The summed E-state index contributed by atoms with van der Waals surface area (Å²) >= 11 is 0. The second kappa shape index (κ2) is 6.87. The number of nitrogens with one attached hydrogen (secondary N) is 1. The van der Waals surface area contributed by atoms with E-state index < -0.39 is 5.60 Å². The molecule has 4 heteroatoms. The van der Waals surface area contributed by atoms with Gasteiger partial charge in [-0.05, 0) is 38.0 Å². The molecule has 0 aliphatic rings. The second-order valence-electron chi connectivity index (χ2n) is 5.24. The van der Waals surface area contributed by atoms with Gasteiger partial charge >= 0.3 is 0 Å². The van der Waals surface area contributed by atoms with Gasteiger partial charge in [-0.25, -0.2) is 4.39 Å². The van der Waals surface area contributed by atoms with Gasteiger partial charge in [0.2, 0.25) is 0 Å². The molecule has 1 aromatic rings. The molecule has 0 fully saturated rings. The molecule has 0 saturated heterocycles. The molecule has 19 heavy (non-hydrogen) atoms. The zero-order chi connectivity index (χ0) is 14.5. The van der Waals surface area contributed by atoms with E-state index in [-0.39, 0.29) is 17.6 Å². The van der Waals surface area contributed by atoms with Gasteiger partial charge in [0.25, 0.3) is 0 Å². The molecule has 0 bridgehead atoms. The van der Waals surface area contributed by atoms with Gasteiger partial charge in [0.1, 0.15) is 0 Å². The van der Waals surface area contributed by atoms with Crippen molar-refractivity contribution in [1.82, 2.24) is 5.32 Å². The Balaban J connectivity index is 2.65. The Hall–Kier alpha value is -1.13. The highest BCUT2D eigenvalue weighted by molar-refractivity contribution is 5.31. The van der Waals surface area contributed by atoms with Crippen LogP contribution in [0.4, 0.5) is 4.39 Å². The molecule has 3 nitrogen and oxygen atoms in total. The molecule has 2 atom stereocenters. The number of hydrogen-bond acceptors (Lipinski definition) is 3. The van der Waals surface area contributed by atoms with E-state index in [1.807, 2.05) is 20.8 Å². The van der Waals surface area contributed by atoms with Gasteiger partial charge in [-0.3, -0.25) is 0 Å². The Kier molecular flexibility index (Phi) is 5.76. The van der Waals surface area contributed by atoms with E-state index in [1.54, 1.807) is 12.1 Å². The molecule has 0 spiro atoms. The number of benzene rings is 1. The molecule has 2 unspecified atom stereocenters. The van der Waals surface area contributed by atoms with E-state index in [1.165, 1.54) is 13.2 Å². The molecule has 108 valence electrons. The maximum Gasteiger partial charge on any atom is 0.165 e. The highest BCUT2D eigenvalue weighted by Crippen LogP contribution is 2.23. The number of methoxy groups -OCH3 is 1. The lowest BCUT2D eigenvalue weighted by atomic mass is 9.99. The third-order valence-corrected chi connectivity index (χ3v) is 3.25. The first-order valence-electron chi connectivity index (χ1n) is 6.69. The predicted octanol–water partition coefficient (Wildman–Crippen LogP) is 3.04. The molecule has 1 aromatic carbocycles. The SMILES string of the molecule is CCCC(C)(O)CNC(C)c1ccc(F)c(OC)c1. The maximum absolute atomic E-state index is 13.3. The van der Waals surface area contributed by atoms with Crippen LogP contribution in [-0.4, -0.2) is 24.4 Å². The van der Waals surface area contributed by atoms with E-state index in [0.29, 0.717) is 6.54 Å². The van der Waals surface area contributed by atoms with Crippen LogP contribution in [-0.2, 0) is 0 Å². The van der Waals surface area contributed by atoms with E-state index in [2.05, 4.69) is 5.32 Å². The zero-order valence-corrected chi connectivity index (χ0v) is 12.2. The normalized spacial score (nSPS) is 15.9. The lowest BCUT2D eigenvalue weighted by molar-refractivity contribution is 0.0476. The number of halogens is 1. The monoisotopic (exact) mass is 269 g/mol. The summed E-state index contributed by atoms with van der Waals surface area (Å²) in [6, 6.07) is 4.83. The highest BCUT2D eigenvalue weighted by Gasteiger charge is 2.20. The van der Waals surface area contributed by atoms with Crippen LogP contribution in [0.15, 0.2) is 18.2 Å². The van der Waals surface area contributed by atoms with Gasteiger partial charge < -0.3 is 15.2 Å². The fraction of sp³-hybridized carbons (Fsp3) is 0.600. The number of aliphatic hydroxyl groups is 1. The molecule has 0 saturated carbocycles. The van der Waals surface area contributed by atoms with Gasteiger partial charge in [0, 0.05) is 12.6 Å².